The lowest BCUT2D eigenvalue weighted by Crippen LogP contribution is -2.21. The second-order valence-corrected chi connectivity index (χ2v) is 10.0. The predicted octanol–water partition coefficient (Wildman–Crippen LogP) is 3.74. The Bertz CT molecular complexity index is 1360. The van der Waals surface area contributed by atoms with E-state index in [2.05, 4.69) is 22.1 Å². The van der Waals surface area contributed by atoms with Crippen molar-refractivity contribution < 1.29 is 28.6 Å². The van der Waals surface area contributed by atoms with Gasteiger partial charge >= 0.3 is 5.97 Å². The number of esters is 1. The Morgan fingerprint density at radius 3 is 2.47 bits per heavy atom. The van der Waals surface area contributed by atoms with Crippen LogP contribution in [0, 0.1) is 6.92 Å². The molecular weight excluding hydrogens is 530 g/mol. The van der Waals surface area contributed by atoms with Gasteiger partial charge in [-0.2, -0.15) is 0 Å². The number of carbonyl (C=O) groups is 3. The molecule has 38 heavy (non-hydrogen) atoms. The van der Waals surface area contributed by atoms with E-state index in [0.717, 1.165) is 16.9 Å². The number of hydrogen-bond acceptors (Lipinski definition) is 10. The van der Waals surface area contributed by atoms with Gasteiger partial charge in [0.2, 0.25) is 5.91 Å². The standard InChI is InChI=1S/C25H29N5O6S2/c1-8-11-30-21(15-9-10-16(34-5)17(12-15)35-6)27-28-25(30)37-13-18(31)26-22-19(24(33)36-7)14(2)20(38-22)23(32)29(3)4/h8-10,12H,1,11,13H2,2-7H3,(H,26,31). The summed E-state index contributed by atoms with van der Waals surface area (Å²) in [4.78, 5) is 39.6. The van der Waals surface area contributed by atoms with Gasteiger partial charge in [0, 0.05) is 26.2 Å². The Morgan fingerprint density at radius 1 is 1.16 bits per heavy atom. The van der Waals surface area contributed by atoms with Gasteiger partial charge in [-0.15, -0.1) is 28.1 Å². The third kappa shape index (κ3) is 6.00. The number of nitrogens with zero attached hydrogens (tertiary/aromatic N) is 4. The van der Waals surface area contributed by atoms with Crippen molar-refractivity contribution in [2.75, 3.05) is 46.5 Å². The van der Waals surface area contributed by atoms with Gasteiger partial charge in [-0.3, -0.25) is 14.2 Å². The maximum atomic E-state index is 12.9. The highest BCUT2D eigenvalue weighted by Crippen LogP contribution is 2.35. The molecule has 1 aromatic carbocycles. The lowest BCUT2D eigenvalue weighted by molar-refractivity contribution is -0.113. The van der Waals surface area contributed by atoms with Crippen molar-refractivity contribution in [1.29, 1.82) is 0 Å². The van der Waals surface area contributed by atoms with E-state index in [-0.39, 0.29) is 28.1 Å². The molecule has 13 heteroatoms. The van der Waals surface area contributed by atoms with E-state index in [0.29, 0.717) is 39.5 Å². The van der Waals surface area contributed by atoms with Crippen LogP contribution in [0.5, 0.6) is 11.5 Å². The zero-order valence-corrected chi connectivity index (χ0v) is 23.6. The van der Waals surface area contributed by atoms with E-state index in [1.165, 1.54) is 23.8 Å². The molecule has 3 aromatic rings. The number of thiophene rings is 1. The molecule has 0 saturated heterocycles. The number of anilines is 1. The summed E-state index contributed by atoms with van der Waals surface area (Å²) < 4.78 is 17.4. The fourth-order valence-corrected chi connectivity index (χ4v) is 5.51. The molecule has 202 valence electrons. The van der Waals surface area contributed by atoms with Crippen LogP contribution in [0.3, 0.4) is 0 Å². The van der Waals surface area contributed by atoms with Crippen LogP contribution in [0.1, 0.15) is 25.6 Å². The van der Waals surface area contributed by atoms with E-state index in [4.69, 9.17) is 14.2 Å². The van der Waals surface area contributed by atoms with Gasteiger partial charge in [0.15, 0.2) is 22.5 Å². The first kappa shape index (κ1) is 28.7. The molecule has 0 saturated carbocycles. The molecule has 2 aromatic heterocycles. The maximum Gasteiger partial charge on any atom is 0.341 e. The van der Waals surface area contributed by atoms with E-state index in [1.807, 2.05) is 10.6 Å². The van der Waals surface area contributed by atoms with Crippen molar-refractivity contribution in [1.82, 2.24) is 19.7 Å². The number of benzene rings is 1. The second-order valence-electron chi connectivity index (χ2n) is 8.06. The van der Waals surface area contributed by atoms with Crippen LogP contribution in [-0.2, 0) is 16.1 Å². The third-order valence-corrected chi connectivity index (χ3v) is 7.55. The quantitative estimate of drug-likeness (QED) is 0.212. The predicted molar refractivity (Wildman–Crippen MR) is 147 cm³/mol. The highest BCUT2D eigenvalue weighted by Gasteiger charge is 2.27. The Kier molecular flexibility index (Phi) is 9.53. The minimum Gasteiger partial charge on any atom is -0.493 e. The number of rotatable bonds is 11. The molecule has 1 N–H and O–H groups in total. The number of methoxy groups -OCH3 is 3. The van der Waals surface area contributed by atoms with Crippen molar-refractivity contribution in [3.05, 3.63) is 46.9 Å². The van der Waals surface area contributed by atoms with Crippen LogP contribution in [-0.4, -0.2) is 78.6 Å². The van der Waals surface area contributed by atoms with E-state index < -0.39 is 5.97 Å². The molecule has 2 heterocycles. The number of amides is 2. The van der Waals surface area contributed by atoms with Crippen molar-refractivity contribution in [2.45, 2.75) is 18.6 Å². The summed E-state index contributed by atoms with van der Waals surface area (Å²) in [6, 6.07) is 5.41. The molecule has 0 aliphatic carbocycles. The number of nitrogens with one attached hydrogen (secondary N) is 1. The topological polar surface area (TPSA) is 125 Å². The maximum absolute atomic E-state index is 12.9. The fraction of sp³-hybridized carbons (Fsp3) is 0.320. The molecule has 0 unspecified atom stereocenters. The average molecular weight is 560 g/mol. The van der Waals surface area contributed by atoms with Gasteiger partial charge in [-0.05, 0) is 30.7 Å². The lowest BCUT2D eigenvalue weighted by atomic mass is 10.1. The molecule has 0 aliphatic rings. The van der Waals surface area contributed by atoms with Crippen molar-refractivity contribution in [2.24, 2.45) is 0 Å². The summed E-state index contributed by atoms with van der Waals surface area (Å²) in [5.41, 5.74) is 1.36. The average Bonchev–Trinajstić information content (AvgIpc) is 3.46. The van der Waals surface area contributed by atoms with E-state index in [1.54, 1.807) is 53.4 Å². The monoisotopic (exact) mass is 559 g/mol. The van der Waals surface area contributed by atoms with E-state index >= 15 is 0 Å². The summed E-state index contributed by atoms with van der Waals surface area (Å²) in [5.74, 6) is 0.399. The van der Waals surface area contributed by atoms with Gasteiger partial charge in [-0.1, -0.05) is 17.8 Å². The van der Waals surface area contributed by atoms with Crippen molar-refractivity contribution in [3.8, 4) is 22.9 Å². The lowest BCUT2D eigenvalue weighted by Gasteiger charge is -2.11. The summed E-state index contributed by atoms with van der Waals surface area (Å²) >= 11 is 2.21. The fourth-order valence-electron chi connectivity index (χ4n) is 3.53. The molecule has 0 aliphatic heterocycles. The first-order valence-corrected chi connectivity index (χ1v) is 13.1. The SMILES string of the molecule is C=CCn1c(SCC(=O)Nc2sc(C(=O)N(C)C)c(C)c2C(=O)OC)nnc1-c1ccc(OC)c(OC)c1. The number of thioether (sulfide) groups is 1. The smallest absolute Gasteiger partial charge is 0.341 e. The summed E-state index contributed by atoms with van der Waals surface area (Å²) in [6.45, 7) is 5.87. The second kappa shape index (κ2) is 12.6. The van der Waals surface area contributed by atoms with Crippen LogP contribution in [0.15, 0.2) is 36.0 Å². The van der Waals surface area contributed by atoms with Crippen molar-refractivity contribution in [3.63, 3.8) is 0 Å². The highest BCUT2D eigenvalue weighted by molar-refractivity contribution is 7.99. The zero-order chi connectivity index (χ0) is 28.0. The van der Waals surface area contributed by atoms with E-state index in [9.17, 15) is 14.4 Å². The largest absolute Gasteiger partial charge is 0.493 e. The first-order valence-electron chi connectivity index (χ1n) is 11.3. The van der Waals surface area contributed by atoms with Gasteiger partial charge < -0.3 is 24.4 Å². The first-order chi connectivity index (χ1) is 18.2. The molecular formula is C25H29N5O6S2. The molecule has 0 spiro atoms. The number of hydrogen-bond donors (Lipinski definition) is 1. The van der Waals surface area contributed by atoms with Crippen molar-refractivity contribution >= 4 is 45.9 Å². The summed E-state index contributed by atoms with van der Waals surface area (Å²) in [6.07, 6.45) is 1.71. The number of allylic oxidation sites excluding steroid dienone is 1. The van der Waals surface area contributed by atoms with Crippen LogP contribution < -0.4 is 14.8 Å². The van der Waals surface area contributed by atoms with Gasteiger partial charge in [0.25, 0.3) is 5.91 Å². The number of carbonyl (C=O) groups excluding carboxylic acids is 3. The van der Waals surface area contributed by atoms with Crippen LogP contribution in [0.25, 0.3) is 11.4 Å². The molecule has 3 rings (SSSR count). The van der Waals surface area contributed by atoms with Crippen LogP contribution >= 0.6 is 23.1 Å². The Hall–Kier alpha value is -3.84. The van der Waals surface area contributed by atoms with Gasteiger partial charge in [0.1, 0.15) is 5.00 Å². The number of aromatic nitrogens is 3. The Morgan fingerprint density at radius 2 is 1.87 bits per heavy atom. The molecule has 11 nitrogen and oxygen atoms in total. The Labute approximate surface area is 228 Å². The zero-order valence-electron chi connectivity index (χ0n) is 22.0. The molecule has 0 radical (unpaired) electrons. The highest BCUT2D eigenvalue weighted by atomic mass is 32.2. The molecule has 0 atom stereocenters. The van der Waals surface area contributed by atoms with Gasteiger partial charge in [0.05, 0.1) is 37.5 Å². The molecule has 2 amide bonds. The van der Waals surface area contributed by atoms with Crippen LogP contribution in [0.2, 0.25) is 0 Å². The summed E-state index contributed by atoms with van der Waals surface area (Å²) in [5, 5.41) is 12.1. The number of ether oxygens (including phenoxy) is 3. The Balaban J connectivity index is 1.83. The molecule has 0 fully saturated rings. The molecule has 0 bridgehead atoms. The third-order valence-electron chi connectivity index (χ3n) is 5.39. The minimum atomic E-state index is -0.634. The minimum absolute atomic E-state index is 0.0181. The summed E-state index contributed by atoms with van der Waals surface area (Å²) in [7, 11) is 7.59. The van der Waals surface area contributed by atoms with Crippen LogP contribution in [0.4, 0.5) is 5.00 Å². The normalized spacial score (nSPS) is 10.6. The van der Waals surface area contributed by atoms with Gasteiger partial charge in [-0.25, -0.2) is 4.79 Å².